The number of thiophene rings is 1. The van der Waals surface area contributed by atoms with Gasteiger partial charge in [-0.3, -0.25) is 4.79 Å². The molecule has 0 fully saturated rings. The number of Topliss-reactive ketones (excluding diaryl/α,β-unsaturated/α-hetero) is 1. The summed E-state index contributed by atoms with van der Waals surface area (Å²) in [7, 11) is 0. The molecule has 0 saturated heterocycles. The van der Waals surface area contributed by atoms with Crippen LogP contribution in [0.1, 0.15) is 28.6 Å². The molecule has 1 aromatic heterocycles. The van der Waals surface area contributed by atoms with Crippen molar-refractivity contribution < 1.29 is 9.53 Å². The van der Waals surface area contributed by atoms with E-state index in [2.05, 4.69) is 11.4 Å². The van der Waals surface area contributed by atoms with Gasteiger partial charge < -0.3 is 4.74 Å². The maximum atomic E-state index is 11.7. The zero-order chi connectivity index (χ0) is 12.8. The molecule has 0 unspecified atom stereocenters. The van der Waals surface area contributed by atoms with Crippen molar-refractivity contribution >= 4 is 17.1 Å². The minimum atomic E-state index is 0.127. The highest BCUT2D eigenvalue weighted by Crippen LogP contribution is 2.20. The number of hydrogen-bond acceptors (Lipinski definition) is 3. The normalized spacial score (nSPS) is 10.3. The molecule has 0 aliphatic rings. The lowest BCUT2D eigenvalue weighted by Crippen LogP contribution is -2.05. The molecule has 0 N–H and O–H groups in total. The number of ether oxygens (including phenoxy) is 1. The number of ketones is 1. The molecule has 0 bridgehead atoms. The third kappa shape index (κ3) is 3.20. The molecular weight excluding hydrogens is 244 g/mol. The topological polar surface area (TPSA) is 26.3 Å². The van der Waals surface area contributed by atoms with Crippen LogP contribution in [0.2, 0.25) is 0 Å². The molecule has 2 aromatic rings. The summed E-state index contributed by atoms with van der Waals surface area (Å²) in [6.45, 7) is 2.47. The van der Waals surface area contributed by atoms with Gasteiger partial charge in [0.2, 0.25) is 0 Å². The molecule has 1 heterocycles. The highest BCUT2D eigenvalue weighted by Gasteiger charge is 2.09. The largest absolute Gasteiger partial charge is 0.492 e. The van der Waals surface area contributed by atoms with Crippen LogP contribution in [-0.2, 0) is 6.42 Å². The third-order valence-electron chi connectivity index (χ3n) is 2.69. The first-order chi connectivity index (χ1) is 8.81. The van der Waals surface area contributed by atoms with Gasteiger partial charge in [0.1, 0.15) is 5.75 Å². The Morgan fingerprint density at radius 1 is 1.22 bits per heavy atom. The van der Waals surface area contributed by atoms with Gasteiger partial charge in [-0.25, -0.2) is 0 Å². The molecular formula is C15H16O2S. The quantitative estimate of drug-likeness (QED) is 0.735. The van der Waals surface area contributed by atoms with Crippen LogP contribution in [0, 0.1) is 0 Å². The Labute approximate surface area is 111 Å². The summed E-state index contributed by atoms with van der Waals surface area (Å²) in [6.07, 6.45) is 1.39. The Balaban J connectivity index is 1.98. The molecule has 2 rings (SSSR count). The summed E-state index contributed by atoms with van der Waals surface area (Å²) in [6, 6.07) is 11.6. The standard InChI is InChI=1S/C15H16O2S/c1-2-14(16)13-7-3-4-8-15(13)17-10-9-12-6-5-11-18-12/h3-8,11H,2,9-10H2,1H3. The zero-order valence-corrected chi connectivity index (χ0v) is 11.2. The van der Waals surface area contributed by atoms with Gasteiger partial charge in [0.05, 0.1) is 12.2 Å². The van der Waals surface area contributed by atoms with E-state index in [4.69, 9.17) is 4.74 Å². The Morgan fingerprint density at radius 3 is 2.78 bits per heavy atom. The van der Waals surface area contributed by atoms with Gasteiger partial charge in [-0.05, 0) is 23.6 Å². The summed E-state index contributed by atoms with van der Waals surface area (Å²) in [5.41, 5.74) is 0.686. The van der Waals surface area contributed by atoms with E-state index in [0.717, 1.165) is 6.42 Å². The van der Waals surface area contributed by atoms with E-state index in [9.17, 15) is 4.79 Å². The second-order valence-electron chi connectivity index (χ2n) is 3.95. The lowest BCUT2D eigenvalue weighted by Gasteiger charge is -2.09. The second kappa shape index (κ2) is 6.36. The summed E-state index contributed by atoms with van der Waals surface area (Å²) in [5.74, 6) is 0.822. The molecule has 1 aromatic carbocycles. The van der Waals surface area contributed by atoms with Gasteiger partial charge in [-0.1, -0.05) is 25.1 Å². The van der Waals surface area contributed by atoms with Gasteiger partial charge in [0, 0.05) is 17.7 Å². The fraction of sp³-hybridized carbons (Fsp3) is 0.267. The Bertz CT molecular complexity index is 503. The molecule has 0 radical (unpaired) electrons. The van der Waals surface area contributed by atoms with Crippen LogP contribution < -0.4 is 4.74 Å². The highest BCUT2D eigenvalue weighted by molar-refractivity contribution is 7.09. The lowest BCUT2D eigenvalue weighted by molar-refractivity contribution is 0.0984. The van der Waals surface area contributed by atoms with Crippen molar-refractivity contribution in [3.63, 3.8) is 0 Å². The van der Waals surface area contributed by atoms with E-state index in [1.807, 2.05) is 37.3 Å². The summed E-state index contributed by atoms with van der Waals surface area (Å²) in [4.78, 5) is 13.0. The van der Waals surface area contributed by atoms with Crippen LogP contribution in [-0.4, -0.2) is 12.4 Å². The van der Waals surface area contributed by atoms with E-state index < -0.39 is 0 Å². The Hall–Kier alpha value is -1.61. The maximum Gasteiger partial charge on any atom is 0.166 e. The van der Waals surface area contributed by atoms with Crippen molar-refractivity contribution in [2.24, 2.45) is 0 Å². The average Bonchev–Trinajstić information content (AvgIpc) is 2.92. The van der Waals surface area contributed by atoms with Crippen LogP contribution in [0.5, 0.6) is 5.75 Å². The average molecular weight is 260 g/mol. The second-order valence-corrected chi connectivity index (χ2v) is 4.98. The van der Waals surface area contributed by atoms with Crippen LogP contribution in [0.25, 0.3) is 0 Å². The number of rotatable bonds is 6. The predicted octanol–water partition coefficient (Wildman–Crippen LogP) is 3.96. The smallest absolute Gasteiger partial charge is 0.166 e. The van der Waals surface area contributed by atoms with E-state index in [1.54, 1.807) is 11.3 Å². The number of carbonyl (C=O) groups is 1. The first-order valence-corrected chi connectivity index (χ1v) is 6.96. The van der Waals surface area contributed by atoms with Crippen molar-refractivity contribution in [1.82, 2.24) is 0 Å². The first kappa shape index (κ1) is 12.8. The molecule has 94 valence electrons. The first-order valence-electron chi connectivity index (χ1n) is 6.08. The number of carbonyl (C=O) groups excluding carboxylic acids is 1. The van der Waals surface area contributed by atoms with Crippen LogP contribution in [0.4, 0.5) is 0 Å². The summed E-state index contributed by atoms with van der Waals surface area (Å²) < 4.78 is 5.72. The Kier molecular flexibility index (Phi) is 4.53. The minimum Gasteiger partial charge on any atom is -0.492 e. The van der Waals surface area contributed by atoms with Gasteiger partial charge in [0.15, 0.2) is 5.78 Å². The van der Waals surface area contributed by atoms with E-state index in [-0.39, 0.29) is 5.78 Å². The van der Waals surface area contributed by atoms with Crippen molar-refractivity contribution in [3.05, 3.63) is 52.2 Å². The van der Waals surface area contributed by atoms with Crippen molar-refractivity contribution in [2.45, 2.75) is 19.8 Å². The fourth-order valence-electron chi connectivity index (χ4n) is 1.73. The van der Waals surface area contributed by atoms with Crippen molar-refractivity contribution in [1.29, 1.82) is 0 Å². The van der Waals surface area contributed by atoms with Gasteiger partial charge in [-0.2, -0.15) is 0 Å². The molecule has 18 heavy (non-hydrogen) atoms. The van der Waals surface area contributed by atoms with Crippen molar-refractivity contribution in [2.75, 3.05) is 6.61 Å². The minimum absolute atomic E-state index is 0.127. The molecule has 0 saturated carbocycles. The Morgan fingerprint density at radius 2 is 2.06 bits per heavy atom. The molecule has 0 amide bonds. The van der Waals surface area contributed by atoms with Gasteiger partial charge in [-0.15, -0.1) is 11.3 Å². The van der Waals surface area contributed by atoms with E-state index in [0.29, 0.717) is 24.3 Å². The maximum absolute atomic E-state index is 11.7. The van der Waals surface area contributed by atoms with E-state index in [1.165, 1.54) is 4.88 Å². The number of hydrogen-bond donors (Lipinski definition) is 0. The van der Waals surface area contributed by atoms with Gasteiger partial charge >= 0.3 is 0 Å². The predicted molar refractivity (Wildman–Crippen MR) is 74.6 cm³/mol. The SMILES string of the molecule is CCC(=O)c1ccccc1OCCc1cccs1. The summed E-state index contributed by atoms with van der Waals surface area (Å²) >= 11 is 1.73. The van der Waals surface area contributed by atoms with Crippen LogP contribution in [0.3, 0.4) is 0 Å². The highest BCUT2D eigenvalue weighted by atomic mass is 32.1. The van der Waals surface area contributed by atoms with Crippen LogP contribution >= 0.6 is 11.3 Å². The number of para-hydroxylation sites is 1. The summed E-state index contributed by atoms with van der Waals surface area (Å²) in [5, 5.41) is 2.06. The van der Waals surface area contributed by atoms with E-state index >= 15 is 0 Å². The monoisotopic (exact) mass is 260 g/mol. The van der Waals surface area contributed by atoms with Gasteiger partial charge in [0.25, 0.3) is 0 Å². The fourth-order valence-corrected chi connectivity index (χ4v) is 2.42. The third-order valence-corrected chi connectivity index (χ3v) is 3.63. The molecule has 0 atom stereocenters. The van der Waals surface area contributed by atoms with Crippen LogP contribution in [0.15, 0.2) is 41.8 Å². The molecule has 2 nitrogen and oxygen atoms in total. The zero-order valence-electron chi connectivity index (χ0n) is 10.4. The molecule has 0 aliphatic carbocycles. The number of benzene rings is 1. The van der Waals surface area contributed by atoms with Crippen molar-refractivity contribution in [3.8, 4) is 5.75 Å². The lowest BCUT2D eigenvalue weighted by atomic mass is 10.1. The molecule has 3 heteroatoms. The molecule has 0 spiro atoms. The molecule has 0 aliphatic heterocycles.